The van der Waals surface area contributed by atoms with Crippen LogP contribution in [0.15, 0.2) is 29.5 Å². The Morgan fingerprint density at radius 2 is 1.84 bits per heavy atom. The van der Waals surface area contributed by atoms with Crippen molar-refractivity contribution in [3.63, 3.8) is 0 Å². The van der Waals surface area contributed by atoms with Crippen LogP contribution in [0.1, 0.15) is 0 Å². The van der Waals surface area contributed by atoms with Gasteiger partial charge < -0.3 is 0 Å². The fourth-order valence-corrected chi connectivity index (χ4v) is 1.76. The number of halogens is 3. The molecule has 0 aliphatic rings. The molecule has 0 spiro atoms. The molecule has 0 aliphatic heterocycles. The van der Waals surface area contributed by atoms with Gasteiger partial charge in [0, 0.05) is 18.3 Å². The zero-order chi connectivity index (χ0) is 13.6. The lowest BCUT2D eigenvalue weighted by molar-refractivity contribution is 0.547. The zero-order valence-corrected chi connectivity index (χ0v) is 9.19. The molecule has 1 N–H and O–H groups in total. The van der Waals surface area contributed by atoms with Crippen LogP contribution in [-0.2, 0) is 0 Å². The van der Waals surface area contributed by atoms with Crippen LogP contribution in [0.4, 0.5) is 13.2 Å². The first-order valence-corrected chi connectivity index (χ1v) is 5.14. The first kappa shape index (κ1) is 11.5. The molecule has 2 aromatic heterocycles. The van der Waals surface area contributed by atoms with E-state index >= 15 is 0 Å². The van der Waals surface area contributed by atoms with Crippen LogP contribution < -0.4 is 5.56 Å². The van der Waals surface area contributed by atoms with E-state index < -0.39 is 28.6 Å². The van der Waals surface area contributed by atoms with Crippen molar-refractivity contribution in [1.29, 1.82) is 0 Å². The minimum atomic E-state index is -1.16. The Morgan fingerprint density at radius 3 is 2.53 bits per heavy atom. The van der Waals surface area contributed by atoms with Gasteiger partial charge in [-0.05, 0) is 0 Å². The first-order valence-electron chi connectivity index (χ1n) is 5.14. The largest absolute Gasteiger partial charge is 0.290 e. The molecule has 0 atom stereocenters. The average Bonchev–Trinajstić information content (AvgIpc) is 2.74. The van der Waals surface area contributed by atoms with Crippen molar-refractivity contribution in [3.05, 3.63) is 52.5 Å². The monoisotopic (exact) mass is 266 g/mol. The van der Waals surface area contributed by atoms with E-state index in [0.29, 0.717) is 12.1 Å². The van der Waals surface area contributed by atoms with E-state index in [0.717, 1.165) is 10.7 Å². The van der Waals surface area contributed by atoms with Crippen LogP contribution in [0, 0.1) is 17.5 Å². The second kappa shape index (κ2) is 3.94. The van der Waals surface area contributed by atoms with Crippen molar-refractivity contribution in [3.8, 4) is 11.1 Å². The molecule has 0 bridgehead atoms. The Labute approximate surface area is 103 Å². The molecule has 0 radical (unpaired) electrons. The summed E-state index contributed by atoms with van der Waals surface area (Å²) in [5, 5.41) is 3.74. The second-order valence-electron chi connectivity index (χ2n) is 3.77. The van der Waals surface area contributed by atoms with Gasteiger partial charge in [-0.2, -0.15) is 10.1 Å². The number of H-pyrrole nitrogens is 1. The molecule has 96 valence electrons. The molecule has 3 aromatic rings. The quantitative estimate of drug-likeness (QED) is 0.726. The summed E-state index contributed by atoms with van der Waals surface area (Å²) in [5.74, 6) is -3.25. The number of hydrogen-bond donors (Lipinski definition) is 1. The zero-order valence-electron chi connectivity index (χ0n) is 9.19. The van der Waals surface area contributed by atoms with Crippen LogP contribution >= 0.6 is 0 Å². The molecule has 0 amide bonds. The summed E-state index contributed by atoms with van der Waals surface area (Å²) in [6, 6.07) is 1.01. The third-order valence-electron chi connectivity index (χ3n) is 2.57. The van der Waals surface area contributed by atoms with E-state index in [1.807, 2.05) is 0 Å². The first-order chi connectivity index (χ1) is 9.06. The lowest BCUT2D eigenvalue weighted by atomic mass is 10.1. The van der Waals surface area contributed by atoms with Crippen molar-refractivity contribution < 1.29 is 13.2 Å². The number of aromatic nitrogens is 4. The summed E-state index contributed by atoms with van der Waals surface area (Å²) in [6.07, 6.45) is 2.30. The van der Waals surface area contributed by atoms with Gasteiger partial charge in [0.15, 0.2) is 0 Å². The van der Waals surface area contributed by atoms with Gasteiger partial charge in [0.2, 0.25) is 5.78 Å². The predicted molar refractivity (Wildman–Crippen MR) is 58.9 cm³/mol. The fourth-order valence-electron chi connectivity index (χ4n) is 1.76. The molecule has 8 heteroatoms. The summed E-state index contributed by atoms with van der Waals surface area (Å²) in [7, 11) is 0. The Kier molecular flexibility index (Phi) is 2.37. The normalized spacial score (nSPS) is 11.1. The van der Waals surface area contributed by atoms with Crippen LogP contribution in [0.3, 0.4) is 0 Å². The van der Waals surface area contributed by atoms with Gasteiger partial charge in [-0.25, -0.2) is 17.7 Å². The lowest BCUT2D eigenvalue weighted by Crippen LogP contribution is -2.13. The van der Waals surface area contributed by atoms with Gasteiger partial charge in [0.25, 0.3) is 5.56 Å². The highest BCUT2D eigenvalue weighted by Gasteiger charge is 2.17. The number of fused-ring (bicyclic) bond motifs is 1. The summed E-state index contributed by atoms with van der Waals surface area (Å²) in [6.45, 7) is 0. The van der Waals surface area contributed by atoms with E-state index in [1.165, 1.54) is 6.33 Å². The average molecular weight is 266 g/mol. The van der Waals surface area contributed by atoms with Gasteiger partial charge in [0.05, 0.1) is 11.1 Å². The summed E-state index contributed by atoms with van der Waals surface area (Å²) in [4.78, 5) is 17.8. The van der Waals surface area contributed by atoms with Gasteiger partial charge in [0.1, 0.15) is 23.8 Å². The van der Waals surface area contributed by atoms with E-state index in [9.17, 15) is 18.0 Å². The van der Waals surface area contributed by atoms with Crippen molar-refractivity contribution in [2.45, 2.75) is 0 Å². The molecule has 3 rings (SSSR count). The van der Waals surface area contributed by atoms with Gasteiger partial charge >= 0.3 is 0 Å². The minimum absolute atomic E-state index is 0.136. The molecular weight excluding hydrogens is 261 g/mol. The maximum absolute atomic E-state index is 13.6. The van der Waals surface area contributed by atoms with Crippen molar-refractivity contribution >= 4 is 5.78 Å². The Balaban J connectivity index is 2.35. The highest BCUT2D eigenvalue weighted by atomic mass is 19.1. The molecule has 0 unspecified atom stereocenters. The Bertz CT molecular complexity index is 816. The summed E-state index contributed by atoms with van der Waals surface area (Å²) < 4.78 is 41.2. The lowest BCUT2D eigenvalue weighted by Gasteiger charge is -2.05. The van der Waals surface area contributed by atoms with Crippen molar-refractivity contribution in [2.24, 2.45) is 0 Å². The highest BCUT2D eigenvalue weighted by Crippen LogP contribution is 2.24. The third-order valence-corrected chi connectivity index (χ3v) is 2.57. The molecule has 0 aliphatic carbocycles. The smallest absolute Gasteiger partial charge is 0.260 e. The topological polar surface area (TPSA) is 63.0 Å². The maximum Gasteiger partial charge on any atom is 0.260 e. The Hall–Kier alpha value is -2.64. The third kappa shape index (κ3) is 1.77. The predicted octanol–water partition coefficient (Wildman–Crippen LogP) is 1.50. The van der Waals surface area contributed by atoms with Gasteiger partial charge in [-0.1, -0.05) is 0 Å². The molecule has 2 heterocycles. The summed E-state index contributed by atoms with van der Waals surface area (Å²) >= 11 is 0. The molecule has 0 saturated heterocycles. The Morgan fingerprint density at radius 1 is 1.16 bits per heavy atom. The van der Waals surface area contributed by atoms with Crippen LogP contribution in [-0.4, -0.2) is 19.6 Å². The highest BCUT2D eigenvalue weighted by molar-refractivity contribution is 5.63. The second-order valence-corrected chi connectivity index (χ2v) is 3.77. The van der Waals surface area contributed by atoms with Crippen LogP contribution in [0.2, 0.25) is 0 Å². The molecule has 5 nitrogen and oxygen atoms in total. The van der Waals surface area contributed by atoms with E-state index in [4.69, 9.17) is 0 Å². The van der Waals surface area contributed by atoms with Crippen LogP contribution in [0.25, 0.3) is 16.9 Å². The fraction of sp³-hybridized carbons (Fsp3) is 0. The molecule has 0 fully saturated rings. The number of rotatable bonds is 1. The SMILES string of the molecule is O=c1[nH]c2ncnn2cc1-c1c(F)cc(F)cc1F. The van der Waals surface area contributed by atoms with Crippen molar-refractivity contribution in [2.75, 3.05) is 0 Å². The number of nitrogens with zero attached hydrogens (tertiary/aromatic N) is 3. The minimum Gasteiger partial charge on any atom is -0.290 e. The number of hydrogen-bond acceptors (Lipinski definition) is 3. The van der Waals surface area contributed by atoms with E-state index in [1.54, 1.807) is 0 Å². The maximum atomic E-state index is 13.6. The molecule has 19 heavy (non-hydrogen) atoms. The van der Waals surface area contributed by atoms with Gasteiger partial charge in [-0.3, -0.25) is 9.78 Å². The number of aromatic amines is 1. The molecular formula is C11H5F3N4O. The molecule has 0 saturated carbocycles. The number of nitrogens with one attached hydrogen (secondary N) is 1. The van der Waals surface area contributed by atoms with Crippen molar-refractivity contribution in [1.82, 2.24) is 19.6 Å². The number of benzene rings is 1. The van der Waals surface area contributed by atoms with E-state index in [2.05, 4.69) is 15.1 Å². The summed E-state index contributed by atoms with van der Waals surface area (Å²) in [5.41, 5.74) is -1.65. The standard InChI is InChI=1S/C11H5F3N4O/c12-5-1-7(13)9(8(14)2-5)6-3-18-11(15-4-16-18)17-10(6)19/h1-4H,(H,15,16,17,19). The van der Waals surface area contributed by atoms with E-state index in [-0.39, 0.29) is 11.3 Å². The molecule has 1 aromatic carbocycles. The van der Waals surface area contributed by atoms with Gasteiger partial charge in [-0.15, -0.1) is 0 Å². The van der Waals surface area contributed by atoms with Crippen LogP contribution in [0.5, 0.6) is 0 Å².